The van der Waals surface area contributed by atoms with Crippen molar-refractivity contribution in [3.05, 3.63) is 24.5 Å². The Bertz CT molecular complexity index is 474. The van der Waals surface area contributed by atoms with Gasteiger partial charge in [-0.15, -0.1) is 0 Å². The molecule has 0 aliphatic carbocycles. The maximum Gasteiger partial charge on any atom is 0.222 e. The number of rotatable bonds is 7. The first-order valence-electron chi connectivity index (χ1n) is 9.64. The van der Waals surface area contributed by atoms with Gasteiger partial charge in [0.05, 0.1) is 0 Å². The van der Waals surface area contributed by atoms with Crippen molar-refractivity contribution in [1.82, 2.24) is 19.3 Å². The van der Waals surface area contributed by atoms with Crippen LogP contribution in [-0.4, -0.2) is 77.5 Å². The van der Waals surface area contributed by atoms with Gasteiger partial charge < -0.3 is 14.4 Å². The van der Waals surface area contributed by atoms with E-state index in [1.165, 1.54) is 32.4 Å². The molecule has 0 saturated carbocycles. The van der Waals surface area contributed by atoms with Crippen LogP contribution in [0.5, 0.6) is 0 Å². The molecule has 0 unspecified atom stereocenters. The highest BCUT2D eigenvalue weighted by molar-refractivity contribution is 5.76. The van der Waals surface area contributed by atoms with Crippen LogP contribution in [0.4, 0.5) is 0 Å². The summed E-state index contributed by atoms with van der Waals surface area (Å²) in [5, 5.41) is 0. The van der Waals surface area contributed by atoms with Gasteiger partial charge in [0, 0.05) is 58.1 Å². The molecule has 1 aromatic rings. The highest BCUT2D eigenvalue weighted by Gasteiger charge is 2.20. The van der Waals surface area contributed by atoms with Crippen LogP contribution < -0.4 is 0 Å². The van der Waals surface area contributed by atoms with Gasteiger partial charge in [0.25, 0.3) is 0 Å². The Morgan fingerprint density at radius 1 is 0.750 bits per heavy atom. The van der Waals surface area contributed by atoms with Gasteiger partial charge in [-0.1, -0.05) is 6.42 Å². The summed E-state index contributed by atoms with van der Waals surface area (Å²) in [5.41, 5.74) is 0. The molecule has 0 spiro atoms. The number of hydrogen-bond acceptors (Lipinski definition) is 3. The van der Waals surface area contributed by atoms with E-state index in [9.17, 15) is 4.79 Å². The molecule has 134 valence electrons. The average molecular weight is 332 g/mol. The number of nitrogens with zero attached hydrogens (tertiary/aromatic N) is 4. The molecule has 0 radical (unpaired) electrons. The molecule has 2 fully saturated rings. The highest BCUT2D eigenvalue weighted by atomic mass is 16.2. The Kier molecular flexibility index (Phi) is 6.73. The Labute approximate surface area is 146 Å². The second-order valence-corrected chi connectivity index (χ2v) is 7.15. The lowest BCUT2D eigenvalue weighted by atomic mass is 10.1. The fourth-order valence-corrected chi connectivity index (χ4v) is 3.79. The van der Waals surface area contributed by atoms with Crippen LogP contribution in [0.2, 0.25) is 0 Å². The van der Waals surface area contributed by atoms with Crippen molar-refractivity contribution < 1.29 is 4.79 Å². The molecule has 5 heteroatoms. The van der Waals surface area contributed by atoms with E-state index in [2.05, 4.69) is 43.8 Å². The van der Waals surface area contributed by atoms with Crippen LogP contribution in [0.25, 0.3) is 0 Å². The minimum absolute atomic E-state index is 0.358. The maximum absolute atomic E-state index is 12.4. The van der Waals surface area contributed by atoms with Gasteiger partial charge in [-0.25, -0.2) is 0 Å². The molecule has 2 aliphatic rings. The molecule has 2 saturated heterocycles. The second kappa shape index (κ2) is 9.23. The number of piperazine rings is 1. The molecular weight excluding hydrogens is 300 g/mol. The van der Waals surface area contributed by atoms with Gasteiger partial charge in [0.2, 0.25) is 5.91 Å². The van der Waals surface area contributed by atoms with Gasteiger partial charge in [-0.05, 0) is 51.0 Å². The van der Waals surface area contributed by atoms with Crippen molar-refractivity contribution in [3.63, 3.8) is 0 Å². The average Bonchev–Trinajstić information content (AvgIpc) is 3.15. The molecule has 5 nitrogen and oxygen atoms in total. The van der Waals surface area contributed by atoms with Crippen molar-refractivity contribution in [2.24, 2.45) is 0 Å². The van der Waals surface area contributed by atoms with Crippen LogP contribution >= 0.6 is 0 Å². The minimum Gasteiger partial charge on any atom is -0.353 e. The van der Waals surface area contributed by atoms with Gasteiger partial charge in [0.1, 0.15) is 0 Å². The van der Waals surface area contributed by atoms with Crippen molar-refractivity contribution >= 4 is 5.91 Å². The van der Waals surface area contributed by atoms with Crippen molar-refractivity contribution in [3.8, 4) is 0 Å². The molecule has 0 atom stereocenters. The summed E-state index contributed by atoms with van der Waals surface area (Å²) >= 11 is 0. The second-order valence-electron chi connectivity index (χ2n) is 7.15. The van der Waals surface area contributed by atoms with Crippen LogP contribution in [0.15, 0.2) is 24.5 Å². The third kappa shape index (κ3) is 5.35. The van der Waals surface area contributed by atoms with E-state index in [-0.39, 0.29) is 0 Å². The van der Waals surface area contributed by atoms with E-state index in [1.54, 1.807) is 0 Å². The maximum atomic E-state index is 12.4. The van der Waals surface area contributed by atoms with Crippen molar-refractivity contribution in [2.45, 2.75) is 38.6 Å². The first-order chi connectivity index (χ1) is 11.8. The first kappa shape index (κ1) is 17.5. The van der Waals surface area contributed by atoms with Crippen LogP contribution in [0.3, 0.4) is 0 Å². The van der Waals surface area contributed by atoms with Crippen molar-refractivity contribution in [2.75, 3.05) is 52.4 Å². The van der Waals surface area contributed by atoms with Gasteiger partial charge in [-0.2, -0.15) is 0 Å². The normalized spacial score (nSPS) is 20.4. The Hall–Kier alpha value is -1.33. The lowest BCUT2D eigenvalue weighted by molar-refractivity contribution is -0.133. The zero-order valence-electron chi connectivity index (χ0n) is 14.9. The fourth-order valence-electron chi connectivity index (χ4n) is 3.79. The predicted molar refractivity (Wildman–Crippen MR) is 97.0 cm³/mol. The lowest BCUT2D eigenvalue weighted by Crippen LogP contribution is -2.49. The van der Waals surface area contributed by atoms with E-state index >= 15 is 0 Å². The highest BCUT2D eigenvalue weighted by Crippen LogP contribution is 2.11. The van der Waals surface area contributed by atoms with Crippen LogP contribution in [0, 0.1) is 0 Å². The smallest absolute Gasteiger partial charge is 0.222 e. The number of likely N-dealkylation sites (tertiary alicyclic amines) is 1. The topological polar surface area (TPSA) is 31.7 Å². The summed E-state index contributed by atoms with van der Waals surface area (Å²) in [6.45, 7) is 9.49. The Balaban J connectivity index is 1.28. The molecule has 1 amide bonds. The lowest BCUT2D eigenvalue weighted by Gasteiger charge is -2.35. The Morgan fingerprint density at radius 2 is 1.42 bits per heavy atom. The molecule has 0 aromatic carbocycles. The summed E-state index contributed by atoms with van der Waals surface area (Å²) in [5.74, 6) is 0.358. The van der Waals surface area contributed by atoms with Crippen molar-refractivity contribution in [1.29, 1.82) is 0 Å². The SMILES string of the molecule is O=C(CCCN1CCCCC1)N1CCN(CCn2cccc2)CC1. The fraction of sp³-hybridized carbons (Fsp3) is 0.737. The number of hydrogen-bond donors (Lipinski definition) is 0. The molecule has 1 aromatic heterocycles. The number of amides is 1. The third-order valence-corrected chi connectivity index (χ3v) is 5.38. The van der Waals surface area contributed by atoms with E-state index < -0.39 is 0 Å². The number of carbonyl (C=O) groups is 1. The van der Waals surface area contributed by atoms with E-state index in [4.69, 9.17) is 0 Å². The molecule has 0 bridgehead atoms. The Morgan fingerprint density at radius 3 is 2.12 bits per heavy atom. The molecule has 0 N–H and O–H groups in total. The molecule has 24 heavy (non-hydrogen) atoms. The summed E-state index contributed by atoms with van der Waals surface area (Å²) in [6, 6.07) is 4.14. The van der Waals surface area contributed by atoms with E-state index in [1.807, 2.05) is 0 Å². The number of piperidine rings is 1. The predicted octanol–water partition coefficient (Wildman–Crippen LogP) is 1.90. The number of carbonyl (C=O) groups excluding carboxylic acids is 1. The molecule has 3 rings (SSSR count). The molecule has 2 aliphatic heterocycles. The first-order valence-corrected chi connectivity index (χ1v) is 9.64. The molecular formula is C19H32N4O. The van der Waals surface area contributed by atoms with E-state index in [0.717, 1.165) is 58.7 Å². The monoisotopic (exact) mass is 332 g/mol. The third-order valence-electron chi connectivity index (χ3n) is 5.38. The molecule has 3 heterocycles. The summed E-state index contributed by atoms with van der Waals surface area (Å²) < 4.78 is 2.22. The number of aromatic nitrogens is 1. The van der Waals surface area contributed by atoms with Gasteiger partial charge in [0.15, 0.2) is 0 Å². The summed E-state index contributed by atoms with van der Waals surface area (Å²) in [7, 11) is 0. The summed E-state index contributed by atoms with van der Waals surface area (Å²) in [4.78, 5) is 19.4. The largest absolute Gasteiger partial charge is 0.353 e. The standard InChI is InChI=1S/C19H32N4O/c24-19(7-6-12-20-8-2-1-3-9-20)23-17-15-22(16-18-23)14-13-21-10-4-5-11-21/h4-5,10-11H,1-3,6-9,12-18H2. The summed E-state index contributed by atoms with van der Waals surface area (Å²) in [6.07, 6.45) is 10.0. The van der Waals surface area contributed by atoms with Crippen LogP contribution in [-0.2, 0) is 11.3 Å². The van der Waals surface area contributed by atoms with Gasteiger partial charge >= 0.3 is 0 Å². The van der Waals surface area contributed by atoms with E-state index in [0.29, 0.717) is 5.91 Å². The minimum atomic E-state index is 0.358. The quantitative estimate of drug-likeness (QED) is 0.764. The zero-order valence-corrected chi connectivity index (χ0v) is 14.9. The van der Waals surface area contributed by atoms with Crippen LogP contribution in [0.1, 0.15) is 32.1 Å². The van der Waals surface area contributed by atoms with Gasteiger partial charge in [-0.3, -0.25) is 9.69 Å². The zero-order chi connectivity index (χ0) is 16.6.